The molecule has 2 saturated heterocycles. The Hall–Kier alpha value is -1.69. The minimum atomic E-state index is 0.264. The third-order valence-corrected chi connectivity index (χ3v) is 5.24. The molecule has 3 rings (SSSR count). The third-order valence-electron chi connectivity index (χ3n) is 4.29. The summed E-state index contributed by atoms with van der Waals surface area (Å²) in [7, 11) is 0. The van der Waals surface area contributed by atoms with E-state index in [4.69, 9.17) is 5.73 Å². The number of rotatable bonds is 4. The van der Waals surface area contributed by atoms with E-state index in [0.29, 0.717) is 25.5 Å². The highest BCUT2D eigenvalue weighted by Gasteiger charge is 2.19. The van der Waals surface area contributed by atoms with E-state index < -0.39 is 0 Å². The van der Waals surface area contributed by atoms with Crippen molar-refractivity contribution in [1.29, 1.82) is 0 Å². The van der Waals surface area contributed by atoms with E-state index in [1.165, 1.54) is 5.56 Å². The standard InChI is InChI=1S/C17H24N4OS/c18-17(20-7-9-23-10-8-20)19-12-14-3-1-4-15(11-14)13-21-6-2-5-16(21)22/h1,3-4,11H,2,5-10,12-13H2,(H2,18,19). The first kappa shape index (κ1) is 16.2. The van der Waals surface area contributed by atoms with Gasteiger partial charge < -0.3 is 15.5 Å². The van der Waals surface area contributed by atoms with Crippen LogP contribution in [0.25, 0.3) is 0 Å². The van der Waals surface area contributed by atoms with Gasteiger partial charge in [0, 0.05) is 44.1 Å². The Morgan fingerprint density at radius 1 is 1.22 bits per heavy atom. The van der Waals surface area contributed by atoms with Crippen LogP contribution in [0.1, 0.15) is 24.0 Å². The number of thioether (sulfide) groups is 1. The van der Waals surface area contributed by atoms with Gasteiger partial charge in [0.05, 0.1) is 6.54 Å². The highest BCUT2D eigenvalue weighted by Crippen LogP contribution is 2.16. The zero-order chi connectivity index (χ0) is 16.1. The molecular formula is C17H24N4OS. The zero-order valence-electron chi connectivity index (χ0n) is 13.4. The number of amides is 1. The van der Waals surface area contributed by atoms with E-state index in [-0.39, 0.29) is 5.91 Å². The first-order valence-corrected chi connectivity index (χ1v) is 9.36. The molecule has 23 heavy (non-hydrogen) atoms. The fourth-order valence-electron chi connectivity index (χ4n) is 2.98. The lowest BCUT2D eigenvalue weighted by atomic mass is 10.1. The van der Waals surface area contributed by atoms with Crippen LogP contribution in [-0.4, -0.2) is 52.8 Å². The molecule has 2 aliphatic rings. The largest absolute Gasteiger partial charge is 0.370 e. The van der Waals surface area contributed by atoms with Gasteiger partial charge in [-0.1, -0.05) is 24.3 Å². The minimum absolute atomic E-state index is 0.264. The highest BCUT2D eigenvalue weighted by molar-refractivity contribution is 7.99. The van der Waals surface area contributed by atoms with Gasteiger partial charge in [0.15, 0.2) is 5.96 Å². The number of hydrogen-bond donors (Lipinski definition) is 1. The van der Waals surface area contributed by atoms with E-state index >= 15 is 0 Å². The van der Waals surface area contributed by atoms with Gasteiger partial charge >= 0.3 is 0 Å². The van der Waals surface area contributed by atoms with Crippen LogP contribution in [0.15, 0.2) is 29.3 Å². The second kappa shape index (κ2) is 7.73. The van der Waals surface area contributed by atoms with E-state index in [0.717, 1.165) is 43.1 Å². The Labute approximate surface area is 141 Å². The smallest absolute Gasteiger partial charge is 0.222 e. The predicted octanol–water partition coefficient (Wildman–Crippen LogP) is 1.67. The second-order valence-corrected chi connectivity index (χ2v) is 7.24. The van der Waals surface area contributed by atoms with Crippen molar-refractivity contribution in [3.8, 4) is 0 Å². The predicted molar refractivity (Wildman–Crippen MR) is 95.3 cm³/mol. The van der Waals surface area contributed by atoms with Crippen LogP contribution in [0.2, 0.25) is 0 Å². The summed E-state index contributed by atoms with van der Waals surface area (Å²) in [5.41, 5.74) is 8.41. The van der Waals surface area contributed by atoms with Gasteiger partial charge in [0.2, 0.25) is 5.91 Å². The molecule has 0 aromatic heterocycles. The van der Waals surface area contributed by atoms with Crippen molar-refractivity contribution in [1.82, 2.24) is 9.80 Å². The molecule has 0 unspecified atom stereocenters. The van der Waals surface area contributed by atoms with Gasteiger partial charge in [-0.2, -0.15) is 11.8 Å². The fourth-order valence-corrected chi connectivity index (χ4v) is 3.89. The summed E-state index contributed by atoms with van der Waals surface area (Å²) in [6.07, 6.45) is 1.67. The first-order valence-electron chi connectivity index (χ1n) is 8.20. The maximum absolute atomic E-state index is 11.7. The van der Waals surface area contributed by atoms with Crippen molar-refractivity contribution in [2.75, 3.05) is 31.1 Å². The maximum Gasteiger partial charge on any atom is 0.222 e. The second-order valence-electron chi connectivity index (χ2n) is 6.01. The highest BCUT2D eigenvalue weighted by atomic mass is 32.2. The molecule has 0 spiro atoms. The van der Waals surface area contributed by atoms with Crippen molar-refractivity contribution in [3.05, 3.63) is 35.4 Å². The van der Waals surface area contributed by atoms with Crippen LogP contribution in [-0.2, 0) is 17.9 Å². The molecular weight excluding hydrogens is 308 g/mol. The average Bonchev–Trinajstić information content (AvgIpc) is 2.99. The number of carbonyl (C=O) groups excluding carboxylic acids is 1. The van der Waals surface area contributed by atoms with E-state index in [9.17, 15) is 4.79 Å². The molecule has 2 N–H and O–H groups in total. The SMILES string of the molecule is NC(=NCc1cccc(CN2CCCC2=O)c1)N1CCSCC1. The Kier molecular flexibility index (Phi) is 5.43. The Balaban J connectivity index is 1.59. The molecule has 124 valence electrons. The van der Waals surface area contributed by atoms with Crippen molar-refractivity contribution < 1.29 is 4.79 Å². The Morgan fingerprint density at radius 3 is 2.74 bits per heavy atom. The molecule has 0 radical (unpaired) electrons. The van der Waals surface area contributed by atoms with Crippen molar-refractivity contribution in [3.63, 3.8) is 0 Å². The van der Waals surface area contributed by atoms with E-state index in [1.807, 2.05) is 22.7 Å². The summed E-state index contributed by atoms with van der Waals surface area (Å²) >= 11 is 1.96. The van der Waals surface area contributed by atoms with Crippen LogP contribution in [0.3, 0.4) is 0 Å². The van der Waals surface area contributed by atoms with Gasteiger partial charge in [0.1, 0.15) is 0 Å². The van der Waals surface area contributed by atoms with Gasteiger partial charge in [-0.3, -0.25) is 4.79 Å². The maximum atomic E-state index is 11.7. The summed E-state index contributed by atoms with van der Waals surface area (Å²) in [5, 5.41) is 0. The van der Waals surface area contributed by atoms with Gasteiger partial charge in [-0.25, -0.2) is 4.99 Å². The molecule has 1 amide bonds. The number of likely N-dealkylation sites (tertiary alicyclic amines) is 1. The normalized spacial score (nSPS) is 19.5. The number of nitrogens with two attached hydrogens (primary N) is 1. The molecule has 2 heterocycles. The van der Waals surface area contributed by atoms with Crippen LogP contribution in [0, 0.1) is 0 Å². The molecule has 2 aliphatic heterocycles. The molecule has 1 aromatic rings. The van der Waals surface area contributed by atoms with Crippen molar-refractivity contribution >= 4 is 23.6 Å². The number of benzene rings is 1. The fraction of sp³-hybridized carbons (Fsp3) is 0.529. The molecule has 0 aliphatic carbocycles. The Morgan fingerprint density at radius 2 is 2.00 bits per heavy atom. The average molecular weight is 332 g/mol. The minimum Gasteiger partial charge on any atom is -0.370 e. The molecule has 6 heteroatoms. The summed E-state index contributed by atoms with van der Waals surface area (Å²) in [6, 6.07) is 8.31. The van der Waals surface area contributed by atoms with Crippen LogP contribution >= 0.6 is 11.8 Å². The summed E-state index contributed by atoms with van der Waals surface area (Å²) in [4.78, 5) is 20.4. The van der Waals surface area contributed by atoms with Crippen molar-refractivity contribution in [2.45, 2.75) is 25.9 Å². The zero-order valence-corrected chi connectivity index (χ0v) is 14.2. The lowest BCUT2D eigenvalue weighted by Crippen LogP contribution is -2.42. The first-order chi connectivity index (χ1) is 11.2. The molecule has 1 aromatic carbocycles. The molecule has 2 fully saturated rings. The lowest BCUT2D eigenvalue weighted by Gasteiger charge is -2.27. The molecule has 0 atom stereocenters. The quantitative estimate of drug-likeness (QED) is 0.673. The number of nitrogens with zero attached hydrogens (tertiary/aromatic N) is 3. The van der Waals surface area contributed by atoms with Gasteiger partial charge in [-0.15, -0.1) is 0 Å². The summed E-state index contributed by atoms with van der Waals surface area (Å²) in [6.45, 7) is 4.14. The monoisotopic (exact) mass is 332 g/mol. The molecule has 0 bridgehead atoms. The van der Waals surface area contributed by atoms with Gasteiger partial charge in [-0.05, 0) is 17.5 Å². The molecule has 5 nitrogen and oxygen atoms in total. The Bertz CT molecular complexity index is 584. The van der Waals surface area contributed by atoms with Crippen molar-refractivity contribution in [2.24, 2.45) is 10.7 Å². The summed E-state index contributed by atoms with van der Waals surface area (Å²) < 4.78 is 0. The summed E-state index contributed by atoms with van der Waals surface area (Å²) in [5.74, 6) is 3.15. The van der Waals surface area contributed by atoms with E-state index in [1.54, 1.807) is 0 Å². The number of guanidine groups is 1. The van der Waals surface area contributed by atoms with Crippen LogP contribution in [0.5, 0.6) is 0 Å². The lowest BCUT2D eigenvalue weighted by molar-refractivity contribution is -0.128. The number of hydrogen-bond acceptors (Lipinski definition) is 3. The number of aliphatic imine (C=N–C) groups is 1. The van der Waals surface area contributed by atoms with Gasteiger partial charge in [0.25, 0.3) is 0 Å². The number of carbonyl (C=O) groups is 1. The van der Waals surface area contributed by atoms with Crippen LogP contribution < -0.4 is 5.73 Å². The third kappa shape index (κ3) is 4.41. The topological polar surface area (TPSA) is 61.9 Å². The van der Waals surface area contributed by atoms with Crippen LogP contribution in [0.4, 0.5) is 0 Å². The van der Waals surface area contributed by atoms with E-state index in [2.05, 4.69) is 28.1 Å². The molecule has 0 saturated carbocycles.